The minimum Gasteiger partial charge on any atom is -0.480 e. The predicted octanol–water partition coefficient (Wildman–Crippen LogP) is 2.07. The molecule has 0 unspecified atom stereocenters. The quantitative estimate of drug-likeness (QED) is 0.528. The largest absolute Gasteiger partial charge is 0.480 e. The van der Waals surface area contributed by atoms with Gasteiger partial charge >= 0.3 is 11.8 Å². The van der Waals surface area contributed by atoms with Crippen LogP contribution in [0.5, 0.6) is 5.88 Å². The minimum absolute atomic E-state index is 0.0134. The number of ether oxygens (including phenoxy) is 1. The summed E-state index contributed by atoms with van der Waals surface area (Å²) in [6.45, 7) is 2.54. The van der Waals surface area contributed by atoms with Crippen LogP contribution in [0.2, 0.25) is 0 Å². The Morgan fingerprint density at radius 3 is 2.81 bits per heavy atom. The Labute approximate surface area is 181 Å². The van der Waals surface area contributed by atoms with Gasteiger partial charge in [-0.3, -0.25) is 19.5 Å². The number of piperidine rings is 1. The van der Waals surface area contributed by atoms with Gasteiger partial charge in [0.15, 0.2) is 0 Å². The average Bonchev–Trinajstić information content (AvgIpc) is 3.35. The Bertz CT molecular complexity index is 1130. The number of nitrogens with one attached hydrogen (secondary N) is 2. The average molecular weight is 443 g/mol. The predicted molar refractivity (Wildman–Crippen MR) is 115 cm³/mol. The molecule has 1 aliphatic rings. The van der Waals surface area contributed by atoms with Gasteiger partial charge in [-0.05, 0) is 30.9 Å². The first-order chi connectivity index (χ1) is 14.9. The number of hydrogen-bond donors (Lipinski definition) is 3. The Hall–Kier alpha value is -3.47. The number of thiophene rings is 1. The van der Waals surface area contributed by atoms with Gasteiger partial charge in [0, 0.05) is 11.4 Å². The molecule has 11 heteroatoms. The van der Waals surface area contributed by atoms with Crippen LogP contribution in [-0.4, -0.2) is 51.5 Å². The Morgan fingerprint density at radius 1 is 1.29 bits per heavy atom. The van der Waals surface area contributed by atoms with Crippen molar-refractivity contribution in [2.75, 3.05) is 19.0 Å². The van der Waals surface area contributed by atoms with E-state index in [9.17, 15) is 14.4 Å². The fraction of sp³-hybridized carbons (Fsp3) is 0.350. The highest BCUT2D eigenvalue weighted by Crippen LogP contribution is 2.38. The molecule has 3 aromatic heterocycles. The number of carbonyl (C=O) groups excluding carboxylic acids is 3. The van der Waals surface area contributed by atoms with Gasteiger partial charge in [0.1, 0.15) is 5.56 Å². The summed E-state index contributed by atoms with van der Waals surface area (Å²) in [5.41, 5.74) is 6.45. The van der Waals surface area contributed by atoms with Crippen molar-refractivity contribution in [3.63, 3.8) is 0 Å². The smallest absolute Gasteiger partial charge is 0.313 e. The summed E-state index contributed by atoms with van der Waals surface area (Å²) in [5, 5.41) is 9.47. The van der Waals surface area contributed by atoms with E-state index in [1.54, 1.807) is 22.4 Å². The number of aromatic nitrogens is 3. The molecule has 1 saturated heterocycles. The van der Waals surface area contributed by atoms with E-state index in [1.165, 1.54) is 19.4 Å². The monoisotopic (exact) mass is 442 g/mol. The number of H-pyrrole nitrogens is 1. The van der Waals surface area contributed by atoms with E-state index in [0.717, 1.165) is 27.9 Å². The Balaban J connectivity index is 1.55. The molecule has 4 heterocycles. The van der Waals surface area contributed by atoms with Crippen molar-refractivity contribution in [1.82, 2.24) is 20.1 Å². The maximum atomic E-state index is 13.1. The zero-order chi connectivity index (χ0) is 22.1. The number of carbonyl (C=O) groups is 3. The molecule has 4 N–H and O–H groups in total. The van der Waals surface area contributed by atoms with Gasteiger partial charge in [0.05, 0.1) is 41.4 Å². The summed E-state index contributed by atoms with van der Waals surface area (Å²) in [7, 11) is 1.36. The lowest BCUT2D eigenvalue weighted by molar-refractivity contribution is -0.146. The SMILES string of the molecule is COc1ncc(NC(=O)C(=O)N2C[C@@H](C)CC[C@@H]2c2cc3[nH]ncc3s2)cc1C(N)=O. The van der Waals surface area contributed by atoms with Crippen molar-refractivity contribution in [3.8, 4) is 5.88 Å². The molecule has 0 saturated carbocycles. The van der Waals surface area contributed by atoms with Gasteiger partial charge in [-0.2, -0.15) is 5.10 Å². The minimum atomic E-state index is -0.801. The standard InChI is InChI=1S/C20H22N6O4S/c1-10-3-4-14(15-6-13-16(31-15)8-23-25-13)26(9-10)20(29)18(28)24-11-5-12(17(21)27)19(30-2)22-7-11/h5-8,10,14H,3-4,9H2,1-2H3,(H2,21,27)(H,23,25)(H,24,28)/t10-,14+/m0/s1. The molecule has 0 radical (unpaired) electrons. The molecule has 10 nitrogen and oxygen atoms in total. The summed E-state index contributed by atoms with van der Waals surface area (Å²) < 4.78 is 6.00. The summed E-state index contributed by atoms with van der Waals surface area (Å²) in [6.07, 6.45) is 4.79. The molecular formula is C20H22N6O4S. The van der Waals surface area contributed by atoms with Crippen LogP contribution < -0.4 is 15.8 Å². The Morgan fingerprint density at radius 2 is 2.10 bits per heavy atom. The maximum absolute atomic E-state index is 13.1. The van der Waals surface area contributed by atoms with Crippen LogP contribution in [0.3, 0.4) is 0 Å². The number of methoxy groups -OCH3 is 1. The Kier molecular flexibility index (Phi) is 5.59. The molecular weight excluding hydrogens is 420 g/mol. The summed E-state index contributed by atoms with van der Waals surface area (Å²) in [4.78, 5) is 44.0. The molecule has 2 atom stereocenters. The second-order valence-electron chi connectivity index (χ2n) is 7.55. The van der Waals surface area contributed by atoms with Gasteiger partial charge in [-0.25, -0.2) is 4.98 Å². The number of hydrogen-bond acceptors (Lipinski definition) is 7. The molecule has 1 fully saturated rings. The number of nitrogens with zero attached hydrogens (tertiary/aromatic N) is 3. The number of likely N-dealkylation sites (tertiary alicyclic amines) is 1. The molecule has 4 rings (SSSR count). The van der Waals surface area contributed by atoms with Crippen LogP contribution >= 0.6 is 11.3 Å². The normalized spacial score (nSPS) is 18.7. The third-order valence-electron chi connectivity index (χ3n) is 5.32. The third kappa shape index (κ3) is 4.08. The molecule has 0 bridgehead atoms. The lowest BCUT2D eigenvalue weighted by Gasteiger charge is -2.37. The van der Waals surface area contributed by atoms with Gasteiger partial charge in [0.25, 0.3) is 5.91 Å². The lowest BCUT2D eigenvalue weighted by Crippen LogP contribution is -2.46. The highest BCUT2D eigenvalue weighted by Gasteiger charge is 2.35. The molecule has 0 aromatic carbocycles. The fourth-order valence-corrected chi connectivity index (χ4v) is 4.91. The van der Waals surface area contributed by atoms with Crippen molar-refractivity contribution < 1.29 is 19.1 Å². The molecule has 0 spiro atoms. The van der Waals surface area contributed by atoms with Gasteiger partial charge in [0.2, 0.25) is 5.88 Å². The van der Waals surface area contributed by atoms with E-state index in [-0.39, 0.29) is 29.1 Å². The highest BCUT2D eigenvalue weighted by atomic mass is 32.1. The van der Waals surface area contributed by atoms with Crippen LogP contribution in [-0.2, 0) is 9.59 Å². The van der Waals surface area contributed by atoms with Crippen molar-refractivity contribution in [3.05, 3.63) is 35.0 Å². The number of aromatic amines is 1. The van der Waals surface area contributed by atoms with E-state index in [0.29, 0.717) is 6.54 Å². The number of primary amides is 1. The van der Waals surface area contributed by atoms with Crippen LogP contribution in [0.15, 0.2) is 24.5 Å². The number of amides is 3. The van der Waals surface area contributed by atoms with Crippen molar-refractivity contribution >= 4 is 45.0 Å². The number of nitrogens with two attached hydrogens (primary N) is 1. The van der Waals surface area contributed by atoms with Crippen LogP contribution in [0.25, 0.3) is 10.2 Å². The molecule has 3 aromatic rings. The second kappa shape index (κ2) is 8.34. The molecule has 0 aliphatic carbocycles. The van der Waals surface area contributed by atoms with Gasteiger partial charge in [-0.15, -0.1) is 11.3 Å². The first kappa shape index (κ1) is 20.8. The van der Waals surface area contributed by atoms with E-state index < -0.39 is 17.7 Å². The summed E-state index contributed by atoms with van der Waals surface area (Å²) in [6, 6.07) is 3.14. The molecule has 31 heavy (non-hydrogen) atoms. The van der Waals surface area contributed by atoms with Gasteiger partial charge < -0.3 is 20.7 Å². The molecule has 3 amide bonds. The zero-order valence-electron chi connectivity index (χ0n) is 17.0. The number of fused-ring (bicyclic) bond motifs is 1. The van der Waals surface area contributed by atoms with Crippen molar-refractivity contribution in [2.45, 2.75) is 25.8 Å². The first-order valence-electron chi connectivity index (χ1n) is 9.76. The summed E-state index contributed by atoms with van der Waals surface area (Å²) >= 11 is 1.56. The molecule has 1 aliphatic heterocycles. The number of anilines is 1. The van der Waals surface area contributed by atoms with E-state index >= 15 is 0 Å². The van der Waals surface area contributed by atoms with Crippen LogP contribution in [0, 0.1) is 5.92 Å². The summed E-state index contributed by atoms with van der Waals surface area (Å²) in [5.74, 6) is -1.86. The van der Waals surface area contributed by atoms with Crippen LogP contribution in [0.1, 0.15) is 41.0 Å². The number of pyridine rings is 1. The van der Waals surface area contributed by atoms with Gasteiger partial charge in [-0.1, -0.05) is 6.92 Å². The van der Waals surface area contributed by atoms with Crippen LogP contribution in [0.4, 0.5) is 5.69 Å². The van der Waals surface area contributed by atoms with E-state index in [2.05, 4.69) is 27.4 Å². The second-order valence-corrected chi connectivity index (χ2v) is 8.67. The van der Waals surface area contributed by atoms with E-state index in [1.807, 2.05) is 6.07 Å². The molecule has 162 valence electrons. The fourth-order valence-electron chi connectivity index (χ4n) is 3.78. The van der Waals surface area contributed by atoms with Crippen molar-refractivity contribution in [2.24, 2.45) is 11.7 Å². The van der Waals surface area contributed by atoms with Crippen molar-refractivity contribution in [1.29, 1.82) is 0 Å². The maximum Gasteiger partial charge on any atom is 0.313 e. The third-order valence-corrected chi connectivity index (χ3v) is 6.49. The lowest BCUT2D eigenvalue weighted by atomic mass is 9.93. The first-order valence-corrected chi connectivity index (χ1v) is 10.6. The highest BCUT2D eigenvalue weighted by molar-refractivity contribution is 7.19. The topological polar surface area (TPSA) is 143 Å². The number of rotatable bonds is 4. The zero-order valence-corrected chi connectivity index (χ0v) is 17.9. The van der Waals surface area contributed by atoms with E-state index in [4.69, 9.17) is 10.5 Å².